The van der Waals surface area contributed by atoms with Gasteiger partial charge in [0.2, 0.25) is 0 Å². The van der Waals surface area contributed by atoms with Gasteiger partial charge in [-0.25, -0.2) is 8.78 Å². The Bertz CT molecular complexity index is 544. The van der Waals surface area contributed by atoms with Gasteiger partial charge in [-0.05, 0) is 36.4 Å². The molecule has 0 unspecified atom stereocenters. The Morgan fingerprint density at radius 1 is 0.882 bits per heavy atom. The molecule has 0 N–H and O–H groups in total. The molecule has 0 aliphatic heterocycles. The van der Waals surface area contributed by atoms with E-state index in [1.54, 1.807) is 24.3 Å². The normalized spacial score (nSPS) is 10.3. The highest BCUT2D eigenvalue weighted by Crippen LogP contribution is 2.16. The van der Waals surface area contributed by atoms with Crippen LogP contribution in [0.25, 0.3) is 0 Å². The van der Waals surface area contributed by atoms with Gasteiger partial charge >= 0.3 is 0 Å². The Morgan fingerprint density at radius 3 is 1.94 bits per heavy atom. The zero-order valence-electron chi connectivity index (χ0n) is 8.58. The minimum atomic E-state index is -0.759. The van der Waals surface area contributed by atoms with E-state index in [1.165, 1.54) is 0 Å². The summed E-state index contributed by atoms with van der Waals surface area (Å²) in [5.41, 5.74) is 0.392. The number of hydrogen-bond acceptors (Lipinski definition) is 1. The van der Waals surface area contributed by atoms with Crippen molar-refractivity contribution in [3.05, 3.63) is 69.7 Å². The van der Waals surface area contributed by atoms with Gasteiger partial charge in [0.15, 0.2) is 5.78 Å². The molecule has 2 rings (SSSR count). The fourth-order valence-corrected chi connectivity index (χ4v) is 1.72. The number of hydrogen-bond donors (Lipinski definition) is 0. The fraction of sp³-hybridized carbons (Fsp3) is 0. The molecule has 0 aliphatic carbocycles. The van der Waals surface area contributed by atoms with Crippen LogP contribution in [0.15, 0.2) is 46.9 Å². The summed E-state index contributed by atoms with van der Waals surface area (Å²) in [6.07, 6.45) is 0. The lowest BCUT2D eigenvalue weighted by Gasteiger charge is -2.02. The van der Waals surface area contributed by atoms with Crippen molar-refractivity contribution in [2.24, 2.45) is 0 Å². The van der Waals surface area contributed by atoms with E-state index < -0.39 is 17.4 Å². The monoisotopic (exact) mass is 296 g/mol. The second-order valence-corrected chi connectivity index (χ2v) is 4.41. The van der Waals surface area contributed by atoms with Gasteiger partial charge in [-0.15, -0.1) is 0 Å². The SMILES string of the molecule is O=C(c1ccc(Br)cc1)c1cc(F)cc(F)c1. The van der Waals surface area contributed by atoms with Crippen molar-refractivity contribution in [3.8, 4) is 0 Å². The van der Waals surface area contributed by atoms with Crippen LogP contribution in [-0.2, 0) is 0 Å². The summed E-state index contributed by atoms with van der Waals surface area (Å²) in [6.45, 7) is 0. The van der Waals surface area contributed by atoms with Gasteiger partial charge in [0.1, 0.15) is 11.6 Å². The van der Waals surface area contributed by atoms with E-state index in [-0.39, 0.29) is 5.56 Å². The molecule has 4 heteroatoms. The first-order chi connectivity index (χ1) is 8.06. The first kappa shape index (κ1) is 11.9. The standard InChI is InChI=1S/C13H7BrF2O/c14-10-3-1-8(2-4-10)13(17)9-5-11(15)7-12(16)6-9/h1-7H. The maximum atomic E-state index is 13.0. The van der Waals surface area contributed by atoms with Crippen LogP contribution in [0, 0.1) is 11.6 Å². The average Bonchev–Trinajstić information content (AvgIpc) is 2.28. The zero-order chi connectivity index (χ0) is 12.4. The van der Waals surface area contributed by atoms with Gasteiger partial charge in [-0.2, -0.15) is 0 Å². The van der Waals surface area contributed by atoms with Crippen LogP contribution in [0.4, 0.5) is 8.78 Å². The number of rotatable bonds is 2. The molecule has 2 aromatic carbocycles. The maximum Gasteiger partial charge on any atom is 0.193 e. The number of benzene rings is 2. The van der Waals surface area contributed by atoms with Crippen molar-refractivity contribution in [1.82, 2.24) is 0 Å². The summed E-state index contributed by atoms with van der Waals surface area (Å²) in [4.78, 5) is 11.9. The Morgan fingerprint density at radius 2 is 1.41 bits per heavy atom. The average molecular weight is 297 g/mol. The van der Waals surface area contributed by atoms with Crippen LogP contribution in [0.3, 0.4) is 0 Å². The molecule has 0 aliphatic rings. The van der Waals surface area contributed by atoms with Crippen molar-refractivity contribution in [2.45, 2.75) is 0 Å². The van der Waals surface area contributed by atoms with Crippen LogP contribution in [0.2, 0.25) is 0 Å². The summed E-state index contributed by atoms with van der Waals surface area (Å²) in [6, 6.07) is 9.36. The van der Waals surface area contributed by atoms with E-state index in [0.29, 0.717) is 5.56 Å². The molecule has 0 amide bonds. The second kappa shape index (κ2) is 4.75. The minimum absolute atomic E-state index is 0.00447. The van der Waals surface area contributed by atoms with E-state index >= 15 is 0 Å². The molecule has 0 radical (unpaired) electrons. The highest BCUT2D eigenvalue weighted by Gasteiger charge is 2.11. The minimum Gasteiger partial charge on any atom is -0.289 e. The highest BCUT2D eigenvalue weighted by molar-refractivity contribution is 9.10. The molecule has 0 atom stereocenters. The topological polar surface area (TPSA) is 17.1 Å². The van der Waals surface area contributed by atoms with Crippen molar-refractivity contribution in [2.75, 3.05) is 0 Å². The van der Waals surface area contributed by atoms with Gasteiger partial charge in [0.05, 0.1) is 0 Å². The van der Waals surface area contributed by atoms with Crippen molar-refractivity contribution >= 4 is 21.7 Å². The lowest BCUT2D eigenvalue weighted by Crippen LogP contribution is -2.02. The largest absolute Gasteiger partial charge is 0.289 e. The number of carbonyl (C=O) groups is 1. The molecular formula is C13H7BrF2O. The number of ketones is 1. The molecular weight excluding hydrogens is 290 g/mol. The third-order valence-corrected chi connectivity index (χ3v) is 2.76. The summed E-state index contributed by atoms with van der Waals surface area (Å²) in [7, 11) is 0. The van der Waals surface area contributed by atoms with E-state index in [2.05, 4.69) is 15.9 Å². The molecule has 2 aromatic rings. The maximum absolute atomic E-state index is 13.0. The molecule has 86 valence electrons. The van der Waals surface area contributed by atoms with Crippen LogP contribution in [0.1, 0.15) is 15.9 Å². The van der Waals surface area contributed by atoms with Crippen molar-refractivity contribution in [3.63, 3.8) is 0 Å². The summed E-state index contributed by atoms with van der Waals surface area (Å²) in [5.74, 6) is -1.92. The first-order valence-electron chi connectivity index (χ1n) is 4.82. The lowest BCUT2D eigenvalue weighted by molar-refractivity contribution is 0.103. The van der Waals surface area contributed by atoms with Crippen LogP contribution in [0.5, 0.6) is 0 Å². The van der Waals surface area contributed by atoms with Gasteiger partial charge in [-0.1, -0.05) is 15.9 Å². The number of halogens is 3. The van der Waals surface area contributed by atoms with Crippen molar-refractivity contribution in [1.29, 1.82) is 0 Å². The Kier molecular flexibility index (Phi) is 3.33. The van der Waals surface area contributed by atoms with Crippen LogP contribution < -0.4 is 0 Å². The molecule has 0 aromatic heterocycles. The van der Waals surface area contributed by atoms with E-state index in [4.69, 9.17) is 0 Å². The van der Waals surface area contributed by atoms with Gasteiger partial charge in [0, 0.05) is 21.7 Å². The third kappa shape index (κ3) is 2.77. The third-order valence-electron chi connectivity index (χ3n) is 2.23. The molecule has 0 heterocycles. The predicted molar refractivity (Wildman–Crippen MR) is 63.9 cm³/mol. The van der Waals surface area contributed by atoms with Crippen LogP contribution in [-0.4, -0.2) is 5.78 Å². The first-order valence-corrected chi connectivity index (χ1v) is 5.62. The molecule has 0 bridgehead atoms. The molecule has 0 fully saturated rings. The highest BCUT2D eigenvalue weighted by atomic mass is 79.9. The van der Waals surface area contributed by atoms with Gasteiger partial charge in [-0.3, -0.25) is 4.79 Å². The molecule has 0 spiro atoms. The van der Waals surface area contributed by atoms with E-state index in [0.717, 1.165) is 22.7 Å². The molecule has 1 nitrogen and oxygen atoms in total. The smallest absolute Gasteiger partial charge is 0.193 e. The predicted octanol–water partition coefficient (Wildman–Crippen LogP) is 3.96. The fourth-order valence-electron chi connectivity index (χ4n) is 1.45. The number of carbonyl (C=O) groups excluding carboxylic acids is 1. The van der Waals surface area contributed by atoms with Crippen molar-refractivity contribution < 1.29 is 13.6 Å². The van der Waals surface area contributed by atoms with E-state index in [1.807, 2.05) is 0 Å². The van der Waals surface area contributed by atoms with E-state index in [9.17, 15) is 13.6 Å². The van der Waals surface area contributed by atoms with Gasteiger partial charge < -0.3 is 0 Å². The Hall–Kier alpha value is -1.55. The zero-order valence-corrected chi connectivity index (χ0v) is 10.2. The quantitative estimate of drug-likeness (QED) is 0.767. The molecule has 0 saturated carbocycles. The molecule has 17 heavy (non-hydrogen) atoms. The summed E-state index contributed by atoms with van der Waals surface area (Å²) in [5, 5.41) is 0. The van der Waals surface area contributed by atoms with Crippen LogP contribution >= 0.6 is 15.9 Å². The summed E-state index contributed by atoms with van der Waals surface area (Å²) < 4.78 is 26.8. The second-order valence-electron chi connectivity index (χ2n) is 3.49. The Balaban J connectivity index is 2.40. The molecule has 0 saturated heterocycles. The lowest BCUT2D eigenvalue weighted by atomic mass is 10.0. The van der Waals surface area contributed by atoms with Gasteiger partial charge in [0.25, 0.3) is 0 Å². The Labute approximate surface area is 105 Å². The summed E-state index contributed by atoms with van der Waals surface area (Å²) >= 11 is 3.24.